The van der Waals surface area contributed by atoms with Crippen LogP contribution in [0.5, 0.6) is 0 Å². The second kappa shape index (κ2) is 10.3. The van der Waals surface area contributed by atoms with Gasteiger partial charge in [0.2, 0.25) is 17.7 Å². The Bertz CT molecular complexity index is 1180. The standard InChI is InChI=1S/C25H26F3N5O2/c1-17-5-2-3-8-21(17)23(24(35)30-19-9-11-25(27,28)12-10-19)33(20-7-4-6-18(26)15-20)22(34)16-32-14-13-29-31-32/h2-8,13-15,19,23H,9-12,16H2,1H3,(H,30,35). The van der Waals surface area contributed by atoms with Gasteiger partial charge in [0.05, 0.1) is 6.20 Å². The lowest BCUT2D eigenvalue weighted by Gasteiger charge is -2.35. The van der Waals surface area contributed by atoms with Crippen molar-refractivity contribution in [1.29, 1.82) is 0 Å². The fraction of sp³-hybridized carbons (Fsp3) is 0.360. The molecule has 1 N–H and O–H groups in total. The van der Waals surface area contributed by atoms with E-state index < -0.39 is 35.6 Å². The molecule has 10 heteroatoms. The minimum absolute atomic E-state index is 0.131. The van der Waals surface area contributed by atoms with E-state index in [-0.39, 0.29) is 37.9 Å². The molecule has 35 heavy (non-hydrogen) atoms. The molecule has 1 saturated carbocycles. The number of aryl methyl sites for hydroxylation is 1. The molecule has 184 valence electrons. The van der Waals surface area contributed by atoms with E-state index in [0.29, 0.717) is 5.56 Å². The van der Waals surface area contributed by atoms with Crippen molar-refractivity contribution in [2.24, 2.45) is 0 Å². The van der Waals surface area contributed by atoms with Crippen LogP contribution in [-0.2, 0) is 16.1 Å². The number of carbonyl (C=O) groups excluding carboxylic acids is 2. The Balaban J connectivity index is 1.73. The van der Waals surface area contributed by atoms with E-state index in [9.17, 15) is 22.8 Å². The van der Waals surface area contributed by atoms with Gasteiger partial charge in [-0.3, -0.25) is 14.5 Å². The summed E-state index contributed by atoms with van der Waals surface area (Å²) in [5.41, 5.74) is 1.48. The predicted molar refractivity (Wildman–Crippen MR) is 123 cm³/mol. The summed E-state index contributed by atoms with van der Waals surface area (Å²) in [7, 11) is 0. The predicted octanol–water partition coefficient (Wildman–Crippen LogP) is 4.19. The number of anilines is 1. The van der Waals surface area contributed by atoms with Crippen LogP contribution in [0.25, 0.3) is 0 Å². The first-order valence-electron chi connectivity index (χ1n) is 11.4. The highest BCUT2D eigenvalue weighted by atomic mass is 19.3. The molecular weight excluding hydrogens is 459 g/mol. The zero-order valence-electron chi connectivity index (χ0n) is 19.2. The molecule has 7 nitrogen and oxygen atoms in total. The molecule has 0 bridgehead atoms. The Morgan fingerprint density at radius 1 is 1.17 bits per heavy atom. The maximum absolute atomic E-state index is 14.2. The fourth-order valence-electron chi connectivity index (χ4n) is 4.35. The molecule has 2 aromatic carbocycles. The molecule has 1 atom stereocenters. The Kier molecular flexibility index (Phi) is 7.18. The third-order valence-electron chi connectivity index (χ3n) is 6.18. The molecule has 2 amide bonds. The molecule has 4 rings (SSSR count). The summed E-state index contributed by atoms with van der Waals surface area (Å²) in [6, 6.07) is 10.9. The summed E-state index contributed by atoms with van der Waals surface area (Å²) >= 11 is 0. The van der Waals surface area contributed by atoms with Gasteiger partial charge in [0, 0.05) is 30.8 Å². The van der Waals surface area contributed by atoms with E-state index in [1.807, 2.05) is 13.0 Å². The third kappa shape index (κ3) is 5.87. The van der Waals surface area contributed by atoms with Crippen LogP contribution < -0.4 is 10.2 Å². The Labute approximate surface area is 200 Å². The van der Waals surface area contributed by atoms with Gasteiger partial charge in [-0.2, -0.15) is 0 Å². The first kappa shape index (κ1) is 24.4. The zero-order chi connectivity index (χ0) is 25.0. The quantitative estimate of drug-likeness (QED) is 0.544. The van der Waals surface area contributed by atoms with Gasteiger partial charge in [-0.25, -0.2) is 17.9 Å². The van der Waals surface area contributed by atoms with Crippen LogP contribution in [0.2, 0.25) is 0 Å². The highest BCUT2D eigenvalue weighted by Gasteiger charge is 2.38. The number of aromatic nitrogens is 3. The Hall–Kier alpha value is -3.69. The number of benzene rings is 2. The first-order chi connectivity index (χ1) is 16.7. The first-order valence-corrected chi connectivity index (χ1v) is 11.4. The van der Waals surface area contributed by atoms with Gasteiger partial charge in [-0.05, 0) is 49.1 Å². The van der Waals surface area contributed by atoms with Crippen LogP contribution >= 0.6 is 0 Å². The number of hydrogen-bond acceptors (Lipinski definition) is 4. The van der Waals surface area contributed by atoms with Crippen LogP contribution in [-0.4, -0.2) is 38.8 Å². The summed E-state index contributed by atoms with van der Waals surface area (Å²) in [6.45, 7) is 1.57. The average molecular weight is 486 g/mol. The van der Waals surface area contributed by atoms with Crippen molar-refractivity contribution in [3.63, 3.8) is 0 Å². The molecule has 1 heterocycles. The molecule has 1 aliphatic carbocycles. The summed E-state index contributed by atoms with van der Waals surface area (Å²) in [5, 5.41) is 10.4. The van der Waals surface area contributed by atoms with Crippen molar-refractivity contribution in [2.75, 3.05) is 4.90 Å². The number of halogens is 3. The van der Waals surface area contributed by atoms with Crippen LogP contribution in [0, 0.1) is 12.7 Å². The summed E-state index contributed by atoms with van der Waals surface area (Å²) < 4.78 is 42.8. The van der Waals surface area contributed by atoms with Gasteiger partial charge < -0.3 is 5.32 Å². The lowest BCUT2D eigenvalue weighted by atomic mass is 9.91. The summed E-state index contributed by atoms with van der Waals surface area (Å²) in [4.78, 5) is 28.5. The topological polar surface area (TPSA) is 80.1 Å². The number of nitrogens with one attached hydrogen (secondary N) is 1. The zero-order valence-corrected chi connectivity index (χ0v) is 19.2. The number of hydrogen-bond donors (Lipinski definition) is 1. The molecule has 0 radical (unpaired) electrons. The van der Waals surface area contributed by atoms with Crippen LogP contribution in [0.3, 0.4) is 0 Å². The Morgan fingerprint density at radius 3 is 2.57 bits per heavy atom. The van der Waals surface area contributed by atoms with E-state index in [0.717, 1.165) is 5.56 Å². The monoisotopic (exact) mass is 485 g/mol. The largest absolute Gasteiger partial charge is 0.351 e. The van der Waals surface area contributed by atoms with Gasteiger partial charge >= 0.3 is 0 Å². The van der Waals surface area contributed by atoms with Gasteiger partial charge in [-0.15, -0.1) is 5.10 Å². The van der Waals surface area contributed by atoms with Crippen molar-refractivity contribution in [1.82, 2.24) is 20.3 Å². The van der Waals surface area contributed by atoms with Crippen molar-refractivity contribution >= 4 is 17.5 Å². The van der Waals surface area contributed by atoms with Crippen LogP contribution in [0.1, 0.15) is 42.9 Å². The SMILES string of the molecule is Cc1ccccc1C(C(=O)NC1CCC(F)(F)CC1)N(C(=O)Cn1ccnn1)c1cccc(F)c1. The molecule has 1 fully saturated rings. The van der Waals surface area contributed by atoms with E-state index >= 15 is 0 Å². The van der Waals surface area contributed by atoms with Crippen LogP contribution in [0.15, 0.2) is 60.9 Å². The third-order valence-corrected chi connectivity index (χ3v) is 6.18. The maximum atomic E-state index is 14.2. The molecular formula is C25H26F3N5O2. The molecule has 1 aliphatic rings. The van der Waals surface area contributed by atoms with Gasteiger partial charge in [0.1, 0.15) is 18.4 Å². The lowest BCUT2D eigenvalue weighted by molar-refractivity contribution is -0.128. The Morgan fingerprint density at radius 2 is 1.91 bits per heavy atom. The summed E-state index contributed by atoms with van der Waals surface area (Å²) in [6.07, 6.45) is 2.56. The molecule has 0 saturated heterocycles. The molecule has 1 aromatic heterocycles. The van der Waals surface area contributed by atoms with E-state index in [1.54, 1.807) is 24.3 Å². The molecule has 0 spiro atoms. The normalized spacial score (nSPS) is 16.5. The van der Waals surface area contributed by atoms with Crippen LogP contribution in [0.4, 0.5) is 18.9 Å². The molecule has 0 aliphatic heterocycles. The second-order valence-electron chi connectivity index (χ2n) is 8.74. The van der Waals surface area contributed by atoms with Gasteiger partial charge in [0.15, 0.2) is 0 Å². The lowest BCUT2D eigenvalue weighted by Crippen LogP contribution is -2.49. The van der Waals surface area contributed by atoms with E-state index in [2.05, 4.69) is 15.6 Å². The smallest absolute Gasteiger partial charge is 0.249 e. The average Bonchev–Trinajstić information content (AvgIpc) is 3.32. The number of amides is 2. The molecule has 3 aromatic rings. The minimum atomic E-state index is -2.74. The number of nitrogens with zero attached hydrogens (tertiary/aromatic N) is 4. The van der Waals surface area contributed by atoms with Gasteiger partial charge in [0.25, 0.3) is 0 Å². The minimum Gasteiger partial charge on any atom is -0.351 e. The van der Waals surface area contributed by atoms with E-state index in [4.69, 9.17) is 0 Å². The fourth-order valence-corrected chi connectivity index (χ4v) is 4.35. The van der Waals surface area contributed by atoms with Crippen molar-refractivity contribution in [3.8, 4) is 0 Å². The number of rotatable bonds is 7. The molecule has 1 unspecified atom stereocenters. The van der Waals surface area contributed by atoms with Gasteiger partial charge in [-0.1, -0.05) is 35.5 Å². The van der Waals surface area contributed by atoms with E-state index in [1.165, 1.54) is 40.2 Å². The highest BCUT2D eigenvalue weighted by Crippen LogP contribution is 2.35. The maximum Gasteiger partial charge on any atom is 0.249 e. The highest BCUT2D eigenvalue weighted by molar-refractivity contribution is 6.01. The second-order valence-corrected chi connectivity index (χ2v) is 8.74. The summed E-state index contributed by atoms with van der Waals surface area (Å²) in [5.74, 6) is -4.34. The number of carbonyl (C=O) groups is 2. The van der Waals surface area contributed by atoms with Crippen molar-refractivity contribution in [3.05, 3.63) is 77.9 Å². The van der Waals surface area contributed by atoms with Crippen molar-refractivity contribution < 1.29 is 22.8 Å². The van der Waals surface area contributed by atoms with Crippen molar-refractivity contribution in [2.45, 2.75) is 57.2 Å². The number of alkyl halides is 2.